The van der Waals surface area contributed by atoms with Crippen LogP contribution in [0.25, 0.3) is 0 Å². The minimum atomic E-state index is -3.72. The fraction of sp³-hybridized carbons (Fsp3) is 0.750. The van der Waals surface area contributed by atoms with E-state index in [1.54, 1.807) is 0 Å². The maximum atomic E-state index is 10.3. The smallest absolute Gasteiger partial charge is 0.319 e. The van der Waals surface area contributed by atoms with Crippen LogP contribution in [0.15, 0.2) is 0 Å². The zero-order chi connectivity index (χ0) is 17.7. The van der Waals surface area contributed by atoms with E-state index in [0.717, 1.165) is 0 Å². The molecule has 0 spiro atoms. The summed E-state index contributed by atoms with van der Waals surface area (Å²) in [6, 6.07) is 0. The molecule has 0 bridgehead atoms. The van der Waals surface area contributed by atoms with Gasteiger partial charge >= 0.3 is 20.2 Å². The molecule has 23 heavy (non-hydrogen) atoms. The van der Waals surface area contributed by atoms with Gasteiger partial charge in [0.1, 0.15) is 0 Å². The van der Waals surface area contributed by atoms with Crippen LogP contribution >= 0.6 is 44.5 Å². The first-order chi connectivity index (χ1) is 9.26. The van der Waals surface area contributed by atoms with Gasteiger partial charge in [0.05, 0.1) is 32.9 Å². The van der Waals surface area contributed by atoms with Gasteiger partial charge in [-0.25, -0.2) is 8.42 Å². The molecule has 0 radical (unpaired) electrons. The van der Waals surface area contributed by atoms with E-state index in [2.05, 4.69) is 30.8 Å². The van der Waals surface area contributed by atoms with Crippen LogP contribution in [-0.2, 0) is 36.4 Å². The number of methoxy groups -OCH3 is 2. The standard InChI is InChI=1S/C4H7ClO4S.C3H7NO2.CH4.Cl2O2S.ClH/c1-9-4(6)2-3-10(5,7)8;1-6-3(5)2-4;;1-5(2,3)4;/h2-3H2,1H3;2,4H2,1H3;1H4;;1H. The number of hydrogen-bond acceptors (Lipinski definition) is 9. The molecule has 9 nitrogen and oxygen atoms in total. The molecular weight excluding hydrogens is 444 g/mol. The summed E-state index contributed by atoms with van der Waals surface area (Å²) in [5, 5.41) is 0. The van der Waals surface area contributed by atoms with Crippen LogP contribution in [0.5, 0.6) is 0 Å². The van der Waals surface area contributed by atoms with E-state index in [1.807, 2.05) is 0 Å². The second-order valence-electron chi connectivity index (χ2n) is 2.73. The maximum absolute atomic E-state index is 10.3. The number of rotatable bonds is 4. The van der Waals surface area contributed by atoms with Crippen LogP contribution in [0.1, 0.15) is 13.8 Å². The SMILES string of the molecule is C.COC(=O)CCS(=O)(=O)Cl.COC(=O)CN.Cl.O=S(=O)(Cl)Cl. The van der Waals surface area contributed by atoms with E-state index in [-0.39, 0.29) is 44.5 Å². The van der Waals surface area contributed by atoms with Crippen LogP contribution < -0.4 is 5.73 Å². The van der Waals surface area contributed by atoms with Crippen molar-refractivity contribution in [1.29, 1.82) is 0 Å². The lowest BCUT2D eigenvalue weighted by atomic mass is 10.5. The average molecular weight is 463 g/mol. The van der Waals surface area contributed by atoms with Gasteiger partial charge in [-0.15, -0.1) is 12.4 Å². The summed E-state index contributed by atoms with van der Waals surface area (Å²) in [5.41, 5.74) is 4.81. The zero-order valence-electron chi connectivity index (χ0n) is 11.3. The van der Waals surface area contributed by atoms with Crippen molar-refractivity contribution < 1.29 is 35.9 Å². The highest BCUT2D eigenvalue weighted by Crippen LogP contribution is 1.99. The van der Waals surface area contributed by atoms with Crippen LogP contribution in [0.3, 0.4) is 0 Å². The largest absolute Gasteiger partial charge is 0.469 e. The van der Waals surface area contributed by atoms with Gasteiger partial charge in [-0.1, -0.05) is 7.43 Å². The van der Waals surface area contributed by atoms with Crippen molar-refractivity contribution in [2.45, 2.75) is 13.8 Å². The number of esters is 2. The summed E-state index contributed by atoms with van der Waals surface area (Å²) in [6.45, 7) is -0.0312. The molecular formula is C8H19Cl4NO8S2. The predicted octanol–water partition coefficient (Wildman–Crippen LogP) is 1.00. The molecule has 15 heteroatoms. The van der Waals surface area contributed by atoms with Crippen molar-refractivity contribution >= 4 is 73.7 Å². The highest BCUT2D eigenvalue weighted by atomic mass is 36.0. The molecule has 0 unspecified atom stereocenters. The molecule has 0 aliphatic carbocycles. The number of carbonyl (C=O) groups is 2. The van der Waals surface area contributed by atoms with Crippen molar-refractivity contribution in [3.63, 3.8) is 0 Å². The first-order valence-corrected chi connectivity index (χ1v) is 10.3. The van der Waals surface area contributed by atoms with Crippen LogP contribution in [-0.4, -0.2) is 55.3 Å². The molecule has 0 rings (SSSR count). The Kier molecular flexibility index (Phi) is 27.3. The third-order valence-electron chi connectivity index (χ3n) is 1.17. The quantitative estimate of drug-likeness (QED) is 0.477. The van der Waals surface area contributed by atoms with Gasteiger partial charge in [0.25, 0.3) is 0 Å². The predicted molar refractivity (Wildman–Crippen MR) is 91.9 cm³/mol. The number of nitrogens with two attached hydrogens (primary N) is 1. The lowest BCUT2D eigenvalue weighted by molar-refractivity contribution is -0.140. The number of hydrogen-bond donors (Lipinski definition) is 1. The molecule has 0 heterocycles. The van der Waals surface area contributed by atoms with Crippen molar-refractivity contribution in [2.75, 3.05) is 26.5 Å². The summed E-state index contributed by atoms with van der Waals surface area (Å²) >= 11 is 0. The Bertz CT molecular complexity index is 494. The summed E-state index contributed by atoms with van der Waals surface area (Å²) in [7, 11) is 8.54. The van der Waals surface area contributed by atoms with E-state index in [1.165, 1.54) is 14.2 Å². The highest BCUT2D eigenvalue weighted by Gasteiger charge is 2.08. The Labute approximate surface area is 155 Å². The molecule has 2 N–H and O–H groups in total. The summed E-state index contributed by atoms with van der Waals surface area (Å²) in [6.07, 6.45) is -0.192. The monoisotopic (exact) mass is 461 g/mol. The van der Waals surface area contributed by atoms with E-state index in [4.69, 9.17) is 24.8 Å². The molecule has 0 aromatic rings. The minimum Gasteiger partial charge on any atom is -0.469 e. The Balaban J connectivity index is -0.0000000725. The van der Waals surface area contributed by atoms with E-state index in [9.17, 15) is 18.0 Å². The van der Waals surface area contributed by atoms with Gasteiger partial charge in [-0.05, 0) is 0 Å². The van der Waals surface area contributed by atoms with Crippen LogP contribution in [0.4, 0.5) is 0 Å². The van der Waals surface area contributed by atoms with Crippen molar-refractivity contribution in [1.82, 2.24) is 0 Å². The van der Waals surface area contributed by atoms with Gasteiger partial charge in [-0.2, -0.15) is 8.42 Å². The molecule has 0 atom stereocenters. The Hall–Kier alpha value is -0.0400. The maximum Gasteiger partial charge on any atom is 0.319 e. The van der Waals surface area contributed by atoms with E-state index < -0.39 is 23.3 Å². The fourth-order valence-electron chi connectivity index (χ4n) is 0.391. The van der Waals surface area contributed by atoms with Crippen molar-refractivity contribution in [3.05, 3.63) is 0 Å². The minimum absolute atomic E-state index is 0. The third-order valence-corrected chi connectivity index (χ3v) is 2.33. The summed E-state index contributed by atoms with van der Waals surface area (Å²) in [5.74, 6) is -1.33. The van der Waals surface area contributed by atoms with E-state index >= 15 is 0 Å². The summed E-state index contributed by atoms with van der Waals surface area (Å²) < 4.78 is 47.1. The summed E-state index contributed by atoms with van der Waals surface area (Å²) in [4.78, 5) is 20.1. The molecule has 0 aromatic carbocycles. The average Bonchev–Trinajstić information content (AvgIpc) is 2.32. The molecule has 0 aliphatic rings. The molecule has 0 saturated heterocycles. The van der Waals surface area contributed by atoms with Gasteiger partial charge < -0.3 is 15.2 Å². The Morgan fingerprint density at radius 1 is 0.957 bits per heavy atom. The molecule has 0 aromatic heterocycles. The first kappa shape index (κ1) is 34.3. The Morgan fingerprint density at radius 2 is 1.26 bits per heavy atom. The second-order valence-corrected chi connectivity index (χ2v) is 9.29. The topological polar surface area (TPSA) is 147 Å². The van der Waals surface area contributed by atoms with Gasteiger partial charge in [0, 0.05) is 32.0 Å². The lowest BCUT2D eigenvalue weighted by Gasteiger charge is -1.94. The van der Waals surface area contributed by atoms with Gasteiger partial charge in [-0.3, -0.25) is 9.59 Å². The first-order valence-electron chi connectivity index (χ1n) is 4.67. The Morgan fingerprint density at radius 3 is 1.39 bits per heavy atom. The number of ether oxygens (including phenoxy) is 2. The number of halogens is 4. The molecule has 0 aliphatic heterocycles. The van der Waals surface area contributed by atoms with Crippen molar-refractivity contribution in [3.8, 4) is 0 Å². The molecule has 144 valence electrons. The fourth-order valence-corrected chi connectivity index (χ4v) is 1.03. The second kappa shape index (κ2) is 18.3. The van der Waals surface area contributed by atoms with E-state index in [0.29, 0.717) is 0 Å². The normalized spacial score (nSPS) is 9.30. The molecule has 0 fully saturated rings. The highest BCUT2D eigenvalue weighted by molar-refractivity contribution is 8.31. The van der Waals surface area contributed by atoms with Gasteiger partial charge in [0.15, 0.2) is 0 Å². The van der Waals surface area contributed by atoms with Crippen LogP contribution in [0.2, 0.25) is 0 Å². The van der Waals surface area contributed by atoms with Crippen molar-refractivity contribution in [2.24, 2.45) is 5.73 Å². The van der Waals surface area contributed by atoms with Crippen LogP contribution in [0, 0.1) is 0 Å². The number of carbonyl (C=O) groups excluding carboxylic acids is 2. The molecule has 0 saturated carbocycles. The van der Waals surface area contributed by atoms with Gasteiger partial charge in [0.2, 0.25) is 9.05 Å². The zero-order valence-corrected chi connectivity index (χ0v) is 16.0. The third kappa shape index (κ3) is 61.2. The molecule has 0 amide bonds. The lowest BCUT2D eigenvalue weighted by Crippen LogP contribution is -2.14.